The molecule has 0 fully saturated rings. The number of benzene rings is 2. The fourth-order valence-electron chi connectivity index (χ4n) is 3.22. The Kier molecular flexibility index (Phi) is 6.50. The van der Waals surface area contributed by atoms with Gasteiger partial charge in [-0.25, -0.2) is 19.6 Å². The summed E-state index contributed by atoms with van der Waals surface area (Å²) in [4.78, 5) is 28.9. The number of rotatable bonds is 7. The monoisotopic (exact) mass is 487 g/mol. The highest BCUT2D eigenvalue weighted by Crippen LogP contribution is 2.31. The number of ether oxygens (including phenoxy) is 1. The first-order valence-corrected chi connectivity index (χ1v) is 10.4. The molecule has 0 atom stereocenters. The molecule has 0 amide bonds. The number of nitrogens with one attached hydrogen (secondary N) is 1. The molecular formula is C24H20F3N3O5. The van der Waals surface area contributed by atoms with Crippen LogP contribution in [-0.2, 0) is 19.3 Å². The summed E-state index contributed by atoms with van der Waals surface area (Å²) in [5, 5.41) is 0. The number of aromatic amines is 1. The van der Waals surface area contributed by atoms with Gasteiger partial charge in [-0.05, 0) is 61.4 Å². The number of aryl methyl sites for hydroxylation is 1. The molecule has 35 heavy (non-hydrogen) atoms. The molecule has 0 saturated heterocycles. The Morgan fingerprint density at radius 3 is 2.40 bits per heavy atom. The number of hydrogen-bond acceptors (Lipinski definition) is 6. The molecule has 2 aromatic heterocycles. The van der Waals surface area contributed by atoms with E-state index < -0.39 is 23.2 Å². The molecular weight excluding hydrogens is 467 g/mol. The minimum atomic E-state index is -4.41. The van der Waals surface area contributed by atoms with E-state index in [0.29, 0.717) is 22.8 Å². The van der Waals surface area contributed by atoms with Gasteiger partial charge in [0.25, 0.3) is 0 Å². The Morgan fingerprint density at radius 2 is 1.80 bits per heavy atom. The molecule has 2 aromatic carbocycles. The average molecular weight is 487 g/mol. The van der Waals surface area contributed by atoms with Crippen molar-refractivity contribution < 1.29 is 26.8 Å². The van der Waals surface area contributed by atoms with Gasteiger partial charge >= 0.3 is 17.6 Å². The molecule has 0 spiro atoms. The van der Waals surface area contributed by atoms with E-state index in [9.17, 15) is 22.8 Å². The van der Waals surface area contributed by atoms with E-state index in [2.05, 4.69) is 4.98 Å². The van der Waals surface area contributed by atoms with Crippen molar-refractivity contribution in [2.75, 3.05) is 0 Å². The van der Waals surface area contributed by atoms with Gasteiger partial charge in [0.05, 0.1) is 12.1 Å². The number of halogens is 3. The minimum Gasteiger partial charge on any atom is -0.487 e. The van der Waals surface area contributed by atoms with Gasteiger partial charge in [-0.2, -0.15) is 13.2 Å². The Morgan fingerprint density at radius 1 is 1.11 bits per heavy atom. The van der Waals surface area contributed by atoms with E-state index in [0.717, 1.165) is 28.0 Å². The zero-order valence-corrected chi connectivity index (χ0v) is 18.7. The number of H-pyrrole nitrogens is 1. The van der Waals surface area contributed by atoms with Gasteiger partial charge in [0.1, 0.15) is 23.8 Å². The van der Waals surface area contributed by atoms with E-state index in [-0.39, 0.29) is 19.0 Å². The SMILES string of the molecule is C/C(=C\Cn1oc(=O)[nH]c1=O)c1ccc(OCc2nc(-c3ccc(C(F)(F)F)cc3)oc2C)cc1. The van der Waals surface area contributed by atoms with Crippen LogP contribution >= 0.6 is 0 Å². The number of hydrogen-bond donors (Lipinski definition) is 1. The Balaban J connectivity index is 1.39. The lowest BCUT2D eigenvalue weighted by Gasteiger charge is -2.07. The van der Waals surface area contributed by atoms with Crippen molar-refractivity contribution in [1.29, 1.82) is 0 Å². The van der Waals surface area contributed by atoms with Crippen molar-refractivity contribution in [3.63, 3.8) is 0 Å². The van der Waals surface area contributed by atoms with Gasteiger partial charge in [-0.1, -0.05) is 18.2 Å². The van der Waals surface area contributed by atoms with Gasteiger partial charge in [0, 0.05) is 5.56 Å². The van der Waals surface area contributed by atoms with Crippen molar-refractivity contribution in [2.45, 2.75) is 33.2 Å². The number of nitrogens with zero attached hydrogens (tertiary/aromatic N) is 2. The topological polar surface area (TPSA) is 103 Å². The van der Waals surface area contributed by atoms with Crippen molar-refractivity contribution in [3.8, 4) is 17.2 Å². The summed E-state index contributed by atoms with van der Waals surface area (Å²) in [6, 6.07) is 11.8. The third-order valence-electron chi connectivity index (χ3n) is 5.23. The minimum absolute atomic E-state index is 0.106. The first-order chi connectivity index (χ1) is 16.6. The number of oxazole rings is 1. The molecule has 4 aromatic rings. The highest BCUT2D eigenvalue weighted by molar-refractivity contribution is 5.64. The first kappa shape index (κ1) is 23.9. The first-order valence-electron chi connectivity index (χ1n) is 10.4. The number of allylic oxidation sites excluding steroid dienone is 2. The summed E-state index contributed by atoms with van der Waals surface area (Å²) < 4.78 is 55.3. The van der Waals surface area contributed by atoms with Crippen LogP contribution in [0, 0.1) is 6.92 Å². The summed E-state index contributed by atoms with van der Waals surface area (Å²) in [6.07, 6.45) is -2.66. The van der Waals surface area contributed by atoms with Crippen molar-refractivity contribution in [2.24, 2.45) is 0 Å². The molecule has 0 aliphatic rings. The van der Waals surface area contributed by atoms with E-state index in [1.54, 1.807) is 25.1 Å². The number of aromatic nitrogens is 3. The molecule has 11 heteroatoms. The van der Waals surface area contributed by atoms with Crippen LogP contribution in [0.4, 0.5) is 13.2 Å². The predicted molar refractivity (Wildman–Crippen MR) is 120 cm³/mol. The van der Waals surface area contributed by atoms with Crippen LogP contribution in [0.2, 0.25) is 0 Å². The molecule has 0 aliphatic carbocycles. The lowest BCUT2D eigenvalue weighted by atomic mass is 10.1. The highest BCUT2D eigenvalue weighted by Gasteiger charge is 2.30. The van der Waals surface area contributed by atoms with Gasteiger partial charge in [-0.3, -0.25) is 0 Å². The lowest BCUT2D eigenvalue weighted by molar-refractivity contribution is -0.137. The smallest absolute Gasteiger partial charge is 0.440 e. The van der Waals surface area contributed by atoms with Crippen molar-refractivity contribution in [3.05, 3.63) is 98.2 Å². The molecule has 1 N–H and O–H groups in total. The third kappa shape index (κ3) is 5.62. The Bertz CT molecular complexity index is 1460. The van der Waals surface area contributed by atoms with E-state index in [1.807, 2.05) is 24.0 Å². The molecule has 4 rings (SSSR count). The molecule has 8 nitrogen and oxygen atoms in total. The Hall–Kier alpha value is -4.28. The van der Waals surface area contributed by atoms with Crippen LogP contribution in [0.15, 0.2) is 73.1 Å². The summed E-state index contributed by atoms with van der Waals surface area (Å²) in [7, 11) is 0. The lowest BCUT2D eigenvalue weighted by Crippen LogP contribution is -2.15. The second kappa shape index (κ2) is 9.53. The maximum Gasteiger partial charge on any atom is 0.440 e. The van der Waals surface area contributed by atoms with Crippen LogP contribution in [0.25, 0.3) is 17.0 Å². The standard InChI is InChI=1S/C24H20F3N3O5/c1-14(11-12-30-22(31)29-23(32)35-30)16-5-9-19(10-6-16)33-13-20-15(2)34-21(28-20)17-3-7-18(8-4-17)24(25,26)27/h3-11H,12-13H2,1-2H3,(H,29,31,32)/b14-11+. The molecule has 2 heterocycles. The van der Waals surface area contributed by atoms with Gasteiger partial charge in [-0.15, -0.1) is 4.74 Å². The summed E-state index contributed by atoms with van der Waals surface area (Å²) in [5.74, 6) is 0.481. The summed E-state index contributed by atoms with van der Waals surface area (Å²) in [6.45, 7) is 3.77. The molecule has 0 bridgehead atoms. The van der Waals surface area contributed by atoms with Crippen molar-refractivity contribution in [1.82, 2.24) is 14.7 Å². The average Bonchev–Trinajstić information content (AvgIpc) is 3.36. The van der Waals surface area contributed by atoms with Gasteiger partial charge < -0.3 is 13.7 Å². The molecule has 0 aliphatic heterocycles. The second-order valence-electron chi connectivity index (χ2n) is 7.67. The van der Waals surface area contributed by atoms with E-state index in [1.165, 1.54) is 12.1 Å². The van der Waals surface area contributed by atoms with Crippen LogP contribution in [0.1, 0.15) is 29.5 Å². The van der Waals surface area contributed by atoms with Gasteiger partial charge in [0.15, 0.2) is 0 Å². The third-order valence-corrected chi connectivity index (χ3v) is 5.23. The predicted octanol–water partition coefficient (Wildman–Crippen LogP) is 4.79. The van der Waals surface area contributed by atoms with Gasteiger partial charge in [0.2, 0.25) is 5.89 Å². The molecule has 182 valence electrons. The summed E-state index contributed by atoms with van der Waals surface area (Å²) >= 11 is 0. The zero-order valence-electron chi connectivity index (χ0n) is 18.7. The van der Waals surface area contributed by atoms with Crippen LogP contribution in [0.3, 0.4) is 0 Å². The fourth-order valence-corrected chi connectivity index (χ4v) is 3.22. The normalized spacial score (nSPS) is 12.2. The van der Waals surface area contributed by atoms with Crippen LogP contribution < -0.4 is 16.2 Å². The maximum absolute atomic E-state index is 12.8. The Labute approximate surface area is 196 Å². The van der Waals surface area contributed by atoms with Crippen LogP contribution in [-0.4, -0.2) is 14.7 Å². The largest absolute Gasteiger partial charge is 0.487 e. The highest BCUT2D eigenvalue weighted by atomic mass is 19.4. The van der Waals surface area contributed by atoms with Crippen LogP contribution in [0.5, 0.6) is 5.75 Å². The quantitative estimate of drug-likeness (QED) is 0.402. The molecule has 0 radical (unpaired) electrons. The van der Waals surface area contributed by atoms with E-state index in [4.69, 9.17) is 13.7 Å². The number of alkyl halides is 3. The second-order valence-corrected chi connectivity index (χ2v) is 7.67. The van der Waals surface area contributed by atoms with E-state index >= 15 is 0 Å². The fraction of sp³-hybridized carbons (Fsp3) is 0.208. The summed E-state index contributed by atoms with van der Waals surface area (Å²) in [5.41, 5.74) is 1.34. The molecule has 0 saturated carbocycles. The molecule has 0 unspecified atom stereocenters. The van der Waals surface area contributed by atoms with Crippen molar-refractivity contribution >= 4 is 5.57 Å². The zero-order chi connectivity index (χ0) is 25.2. The maximum atomic E-state index is 12.8.